The van der Waals surface area contributed by atoms with Crippen LogP contribution in [0.4, 0.5) is 0 Å². The molecule has 8 heteroatoms. The molecule has 0 aromatic heterocycles. The molecule has 4 atom stereocenters. The van der Waals surface area contributed by atoms with Crippen LogP contribution in [0.5, 0.6) is 0 Å². The SMILES string of the molecule is CC(C#N)CC(CC(=O)O)N=NC(CC(=O)O)CC(C)C#N. The molecular formula is C14H20N4O4. The van der Waals surface area contributed by atoms with Crippen molar-refractivity contribution in [2.75, 3.05) is 0 Å². The maximum absolute atomic E-state index is 10.8. The lowest BCUT2D eigenvalue weighted by Crippen LogP contribution is -2.17. The Morgan fingerprint density at radius 1 is 0.909 bits per heavy atom. The fourth-order valence-electron chi connectivity index (χ4n) is 1.86. The molecule has 0 amide bonds. The summed E-state index contributed by atoms with van der Waals surface area (Å²) in [6.45, 7) is 3.30. The minimum Gasteiger partial charge on any atom is -0.481 e. The third-order valence-electron chi connectivity index (χ3n) is 2.91. The van der Waals surface area contributed by atoms with Crippen LogP contribution < -0.4 is 0 Å². The second-order valence-corrected chi connectivity index (χ2v) is 5.27. The third kappa shape index (κ3) is 9.43. The van der Waals surface area contributed by atoms with Crippen molar-refractivity contribution in [1.82, 2.24) is 0 Å². The molecule has 0 rings (SSSR count). The second kappa shape index (κ2) is 10.3. The van der Waals surface area contributed by atoms with Crippen molar-refractivity contribution < 1.29 is 19.8 Å². The average molecular weight is 308 g/mol. The van der Waals surface area contributed by atoms with E-state index < -0.39 is 24.0 Å². The zero-order chi connectivity index (χ0) is 17.1. The highest BCUT2D eigenvalue weighted by Crippen LogP contribution is 2.17. The number of rotatable bonds is 10. The lowest BCUT2D eigenvalue weighted by Gasteiger charge is -2.13. The van der Waals surface area contributed by atoms with E-state index in [1.165, 1.54) is 0 Å². The fraction of sp³-hybridized carbons (Fsp3) is 0.714. The van der Waals surface area contributed by atoms with Gasteiger partial charge >= 0.3 is 11.9 Å². The highest BCUT2D eigenvalue weighted by Gasteiger charge is 2.19. The van der Waals surface area contributed by atoms with Crippen molar-refractivity contribution in [3.05, 3.63) is 0 Å². The number of carbonyl (C=O) groups is 2. The highest BCUT2D eigenvalue weighted by atomic mass is 16.4. The molecule has 0 aliphatic heterocycles. The van der Waals surface area contributed by atoms with Gasteiger partial charge in [0.15, 0.2) is 0 Å². The Hall–Kier alpha value is -2.48. The molecule has 0 fully saturated rings. The largest absolute Gasteiger partial charge is 0.481 e. The summed E-state index contributed by atoms with van der Waals surface area (Å²) < 4.78 is 0. The van der Waals surface area contributed by atoms with E-state index in [0.29, 0.717) is 0 Å². The van der Waals surface area contributed by atoms with Crippen molar-refractivity contribution >= 4 is 11.9 Å². The first-order chi connectivity index (χ1) is 10.3. The minimum atomic E-state index is -1.06. The number of hydrogen-bond donors (Lipinski definition) is 2. The number of carboxylic acids is 2. The van der Waals surface area contributed by atoms with E-state index in [4.69, 9.17) is 20.7 Å². The summed E-state index contributed by atoms with van der Waals surface area (Å²) >= 11 is 0. The quantitative estimate of drug-likeness (QED) is 0.591. The van der Waals surface area contributed by atoms with Crippen LogP contribution in [-0.4, -0.2) is 34.2 Å². The molecule has 8 nitrogen and oxygen atoms in total. The van der Waals surface area contributed by atoms with Crippen molar-refractivity contribution in [2.24, 2.45) is 22.1 Å². The van der Waals surface area contributed by atoms with E-state index >= 15 is 0 Å². The van der Waals surface area contributed by atoms with Crippen molar-refractivity contribution in [3.8, 4) is 12.1 Å². The summed E-state index contributed by atoms with van der Waals surface area (Å²) in [5.74, 6) is -2.87. The zero-order valence-electron chi connectivity index (χ0n) is 12.6. The second-order valence-electron chi connectivity index (χ2n) is 5.27. The van der Waals surface area contributed by atoms with Crippen LogP contribution in [0.15, 0.2) is 10.2 Å². The normalized spacial score (nSPS) is 16.2. The monoisotopic (exact) mass is 308 g/mol. The highest BCUT2D eigenvalue weighted by molar-refractivity contribution is 5.68. The van der Waals surface area contributed by atoms with Crippen molar-refractivity contribution in [3.63, 3.8) is 0 Å². The number of nitriles is 2. The number of carboxylic acid groups (broad SMARTS) is 2. The maximum atomic E-state index is 10.8. The smallest absolute Gasteiger partial charge is 0.305 e. The Labute approximate surface area is 129 Å². The third-order valence-corrected chi connectivity index (χ3v) is 2.91. The van der Waals surface area contributed by atoms with Crippen LogP contribution >= 0.6 is 0 Å². The molecule has 2 N–H and O–H groups in total. The Bertz CT molecular complexity index is 448. The van der Waals surface area contributed by atoms with Crippen LogP contribution in [0.25, 0.3) is 0 Å². The van der Waals surface area contributed by atoms with Gasteiger partial charge in [-0.2, -0.15) is 20.8 Å². The van der Waals surface area contributed by atoms with Gasteiger partial charge < -0.3 is 10.2 Å². The number of hydrogen-bond acceptors (Lipinski definition) is 6. The molecule has 0 aliphatic carbocycles. The molecule has 0 aromatic carbocycles. The number of azo groups is 1. The van der Waals surface area contributed by atoms with E-state index in [2.05, 4.69) is 10.2 Å². The molecule has 4 unspecified atom stereocenters. The molecular weight excluding hydrogens is 288 g/mol. The fourth-order valence-corrected chi connectivity index (χ4v) is 1.86. The van der Waals surface area contributed by atoms with E-state index in [1.54, 1.807) is 13.8 Å². The summed E-state index contributed by atoms with van der Waals surface area (Å²) in [5.41, 5.74) is 0. The summed E-state index contributed by atoms with van der Waals surface area (Å²) in [7, 11) is 0. The predicted octanol–water partition coefficient (Wildman–Crippen LogP) is 2.22. The topological polar surface area (TPSA) is 147 Å². The number of nitrogens with zero attached hydrogens (tertiary/aromatic N) is 4. The molecule has 0 radical (unpaired) electrons. The van der Waals surface area contributed by atoms with E-state index in [-0.39, 0.29) is 37.5 Å². The molecule has 0 spiro atoms. The molecule has 0 bridgehead atoms. The predicted molar refractivity (Wildman–Crippen MR) is 75.7 cm³/mol. The van der Waals surface area contributed by atoms with E-state index in [0.717, 1.165) is 0 Å². The summed E-state index contributed by atoms with van der Waals surface area (Å²) in [5, 5.41) is 43.1. The molecule has 0 saturated carbocycles. The molecule has 0 aliphatic rings. The van der Waals surface area contributed by atoms with Gasteiger partial charge in [-0.1, -0.05) is 0 Å². The molecule has 0 aromatic rings. The Morgan fingerprint density at radius 2 is 1.23 bits per heavy atom. The summed E-state index contributed by atoms with van der Waals surface area (Å²) in [6.07, 6.45) is -0.0774. The first-order valence-corrected chi connectivity index (χ1v) is 6.91. The van der Waals surface area contributed by atoms with Gasteiger partial charge in [-0.05, 0) is 26.7 Å². The Morgan fingerprint density at radius 3 is 1.45 bits per heavy atom. The lowest BCUT2D eigenvalue weighted by atomic mass is 10.0. The number of aliphatic carboxylic acids is 2. The van der Waals surface area contributed by atoms with Gasteiger partial charge in [0.25, 0.3) is 0 Å². The first-order valence-electron chi connectivity index (χ1n) is 6.91. The lowest BCUT2D eigenvalue weighted by molar-refractivity contribution is -0.138. The first kappa shape index (κ1) is 19.5. The van der Waals surface area contributed by atoms with Crippen molar-refractivity contribution in [1.29, 1.82) is 10.5 Å². The maximum Gasteiger partial charge on any atom is 0.305 e. The Kier molecular flexibility index (Phi) is 9.12. The van der Waals surface area contributed by atoms with Gasteiger partial charge in [-0.25, -0.2) is 0 Å². The summed E-state index contributed by atoms with van der Waals surface area (Å²) in [6, 6.07) is 2.64. The summed E-state index contributed by atoms with van der Waals surface area (Å²) in [4.78, 5) is 21.6. The van der Waals surface area contributed by atoms with Gasteiger partial charge in [0.05, 0.1) is 37.1 Å². The van der Waals surface area contributed by atoms with E-state index in [9.17, 15) is 9.59 Å². The molecule has 120 valence electrons. The Balaban J connectivity index is 4.94. The van der Waals surface area contributed by atoms with Crippen LogP contribution in [0, 0.1) is 34.5 Å². The van der Waals surface area contributed by atoms with Gasteiger partial charge in [-0.15, -0.1) is 0 Å². The van der Waals surface area contributed by atoms with Gasteiger partial charge in [-0.3, -0.25) is 9.59 Å². The van der Waals surface area contributed by atoms with Gasteiger partial charge in [0, 0.05) is 11.8 Å². The van der Waals surface area contributed by atoms with Gasteiger partial charge in [0.2, 0.25) is 0 Å². The van der Waals surface area contributed by atoms with Crippen LogP contribution in [0.3, 0.4) is 0 Å². The van der Waals surface area contributed by atoms with E-state index in [1.807, 2.05) is 12.1 Å². The van der Waals surface area contributed by atoms with Crippen LogP contribution in [0.2, 0.25) is 0 Å². The molecule has 22 heavy (non-hydrogen) atoms. The molecule has 0 saturated heterocycles. The van der Waals surface area contributed by atoms with Crippen LogP contribution in [0.1, 0.15) is 39.5 Å². The zero-order valence-corrected chi connectivity index (χ0v) is 12.6. The van der Waals surface area contributed by atoms with Gasteiger partial charge in [0.1, 0.15) is 0 Å². The standard InChI is InChI=1S/C14H20N4O4/c1-9(7-15)3-11(5-13(19)20)17-18-12(6-14(21)22)4-10(2)8-16/h9-12H,3-6H2,1-2H3,(H,19,20)(H,21,22). The average Bonchev–Trinajstić information content (AvgIpc) is 2.42. The minimum absolute atomic E-state index is 0.236. The van der Waals surface area contributed by atoms with Crippen LogP contribution in [-0.2, 0) is 9.59 Å². The molecule has 0 heterocycles. The van der Waals surface area contributed by atoms with Crippen molar-refractivity contribution in [2.45, 2.75) is 51.6 Å².